The molecule has 0 N–H and O–H groups in total. The van der Waals surface area contributed by atoms with Crippen LogP contribution >= 0.6 is 0 Å². The number of benzene rings is 2. The van der Waals surface area contributed by atoms with Crippen molar-refractivity contribution in [3.8, 4) is 5.88 Å². The summed E-state index contributed by atoms with van der Waals surface area (Å²) in [5.74, 6) is -0.0118. The first-order chi connectivity index (χ1) is 13.1. The maximum atomic E-state index is 12.0. The maximum Gasteiger partial charge on any atom is 0.306 e. The van der Waals surface area contributed by atoms with Gasteiger partial charge in [0.1, 0.15) is 12.3 Å². The third-order valence-corrected chi connectivity index (χ3v) is 3.91. The summed E-state index contributed by atoms with van der Waals surface area (Å²) in [6.07, 6.45) is 0.455. The monoisotopic (exact) mass is 367 g/mol. The molecule has 0 spiro atoms. The van der Waals surface area contributed by atoms with Crippen LogP contribution in [0.15, 0.2) is 48.5 Å². The van der Waals surface area contributed by atoms with E-state index in [2.05, 4.69) is 9.97 Å². The lowest BCUT2D eigenvalue weighted by Gasteiger charge is -2.09. The first-order valence-electron chi connectivity index (χ1n) is 8.25. The molecule has 8 heteroatoms. The molecule has 3 rings (SSSR count). The van der Waals surface area contributed by atoms with E-state index in [0.717, 1.165) is 11.0 Å². The van der Waals surface area contributed by atoms with Gasteiger partial charge in [0.2, 0.25) is 5.88 Å². The van der Waals surface area contributed by atoms with Crippen LogP contribution in [-0.4, -0.2) is 28.0 Å². The van der Waals surface area contributed by atoms with E-state index in [0.29, 0.717) is 23.6 Å². The number of esters is 1. The van der Waals surface area contributed by atoms with Crippen molar-refractivity contribution >= 4 is 22.7 Å². The predicted molar refractivity (Wildman–Crippen MR) is 97.3 cm³/mol. The highest BCUT2D eigenvalue weighted by Gasteiger charge is 2.12. The number of carbonyl (C=O) groups excluding carboxylic acids is 1. The third-order valence-electron chi connectivity index (χ3n) is 3.91. The summed E-state index contributed by atoms with van der Waals surface area (Å²) in [5.41, 5.74) is 2.71. The number of para-hydroxylation sites is 2. The van der Waals surface area contributed by atoms with Gasteiger partial charge in [-0.3, -0.25) is 14.9 Å². The van der Waals surface area contributed by atoms with E-state index in [1.165, 1.54) is 19.2 Å². The number of nitro benzene ring substituents is 1. The van der Waals surface area contributed by atoms with Crippen molar-refractivity contribution in [2.45, 2.75) is 19.4 Å². The van der Waals surface area contributed by atoms with Crippen LogP contribution in [0, 0.1) is 10.1 Å². The first-order valence-corrected chi connectivity index (χ1v) is 8.25. The number of nitrogens with zero attached hydrogens (tertiary/aromatic N) is 3. The number of aromatic nitrogens is 2. The number of ether oxygens (including phenoxy) is 2. The van der Waals surface area contributed by atoms with Crippen molar-refractivity contribution in [2.75, 3.05) is 7.11 Å². The van der Waals surface area contributed by atoms with Crippen molar-refractivity contribution in [3.63, 3.8) is 0 Å². The number of hydrogen-bond donors (Lipinski definition) is 0. The van der Waals surface area contributed by atoms with Gasteiger partial charge in [-0.15, -0.1) is 0 Å². The molecule has 0 aliphatic rings. The Hall–Kier alpha value is -3.55. The lowest BCUT2D eigenvalue weighted by molar-refractivity contribution is -0.384. The topological polar surface area (TPSA) is 104 Å². The lowest BCUT2D eigenvalue weighted by atomic mass is 10.2. The zero-order valence-electron chi connectivity index (χ0n) is 14.6. The van der Waals surface area contributed by atoms with Crippen LogP contribution in [0.5, 0.6) is 5.88 Å². The Bertz CT molecular complexity index is 973. The number of rotatable bonds is 7. The van der Waals surface area contributed by atoms with Crippen molar-refractivity contribution in [2.24, 2.45) is 0 Å². The van der Waals surface area contributed by atoms with Gasteiger partial charge < -0.3 is 9.47 Å². The van der Waals surface area contributed by atoms with Crippen LogP contribution in [0.25, 0.3) is 11.0 Å². The van der Waals surface area contributed by atoms with Gasteiger partial charge in [0, 0.05) is 18.6 Å². The third kappa shape index (κ3) is 4.55. The second kappa shape index (κ2) is 8.22. The Kier molecular flexibility index (Phi) is 5.55. The van der Waals surface area contributed by atoms with Crippen LogP contribution in [-0.2, 0) is 22.6 Å². The zero-order chi connectivity index (χ0) is 19.2. The zero-order valence-corrected chi connectivity index (χ0v) is 14.6. The molecule has 2 aromatic carbocycles. The quantitative estimate of drug-likeness (QED) is 0.359. The minimum Gasteiger partial charge on any atom is -0.480 e. The van der Waals surface area contributed by atoms with Crippen LogP contribution in [0.2, 0.25) is 0 Å². The van der Waals surface area contributed by atoms with Crippen LogP contribution in [0.3, 0.4) is 0 Å². The summed E-state index contributed by atoms with van der Waals surface area (Å²) in [4.78, 5) is 31.1. The van der Waals surface area contributed by atoms with Crippen LogP contribution in [0.4, 0.5) is 5.69 Å². The highest BCUT2D eigenvalue weighted by molar-refractivity contribution is 5.75. The summed E-state index contributed by atoms with van der Waals surface area (Å²) in [6, 6.07) is 13.3. The molecule has 27 heavy (non-hydrogen) atoms. The molecule has 138 valence electrons. The van der Waals surface area contributed by atoms with Crippen molar-refractivity contribution < 1.29 is 19.2 Å². The second-order valence-electron chi connectivity index (χ2n) is 5.75. The van der Waals surface area contributed by atoms with Crippen molar-refractivity contribution in [1.82, 2.24) is 9.97 Å². The molecule has 3 aromatic rings. The molecule has 0 radical (unpaired) electrons. The molecule has 0 bridgehead atoms. The molecule has 8 nitrogen and oxygen atoms in total. The van der Waals surface area contributed by atoms with Crippen LogP contribution < -0.4 is 4.74 Å². The molecule has 0 amide bonds. The highest BCUT2D eigenvalue weighted by Crippen LogP contribution is 2.20. The molecule has 0 atom stereocenters. The van der Waals surface area contributed by atoms with Gasteiger partial charge in [-0.25, -0.2) is 9.97 Å². The van der Waals surface area contributed by atoms with E-state index in [1.54, 1.807) is 12.1 Å². The molecule has 0 aliphatic heterocycles. The Labute approximate surface area is 154 Å². The number of carbonyl (C=O) groups is 1. The first kappa shape index (κ1) is 18.2. The number of fused-ring (bicyclic) bond motifs is 1. The molecule has 0 saturated heterocycles. The second-order valence-corrected chi connectivity index (χ2v) is 5.75. The van der Waals surface area contributed by atoms with Gasteiger partial charge in [0.05, 0.1) is 29.5 Å². The standard InChI is InChI=1S/C19H17N3O5/c1-26-19-17(20-15-4-2-3-5-16(15)21-19)10-11-18(23)27-12-13-6-8-14(9-7-13)22(24)25/h2-9H,10-12H2,1H3. The van der Waals surface area contributed by atoms with E-state index in [-0.39, 0.29) is 18.7 Å². The van der Waals surface area contributed by atoms with Gasteiger partial charge in [-0.2, -0.15) is 0 Å². The van der Waals surface area contributed by atoms with E-state index in [4.69, 9.17) is 9.47 Å². The van der Waals surface area contributed by atoms with Gasteiger partial charge in [-0.1, -0.05) is 12.1 Å². The minimum absolute atomic E-state index is 0.00736. The summed E-state index contributed by atoms with van der Waals surface area (Å²) >= 11 is 0. The molecule has 1 heterocycles. The molecular weight excluding hydrogens is 350 g/mol. The Balaban J connectivity index is 1.58. The number of hydrogen-bond acceptors (Lipinski definition) is 7. The molecule has 1 aromatic heterocycles. The van der Waals surface area contributed by atoms with Crippen LogP contribution in [0.1, 0.15) is 17.7 Å². The summed E-state index contributed by atoms with van der Waals surface area (Å²) in [6.45, 7) is 0.0529. The number of methoxy groups -OCH3 is 1. The van der Waals surface area contributed by atoms with E-state index in [1.807, 2.05) is 24.3 Å². The molecule has 0 saturated carbocycles. The fourth-order valence-electron chi connectivity index (χ4n) is 2.52. The largest absolute Gasteiger partial charge is 0.480 e. The molecule has 0 unspecified atom stereocenters. The Morgan fingerprint density at radius 3 is 2.37 bits per heavy atom. The average molecular weight is 367 g/mol. The SMILES string of the molecule is COc1nc2ccccc2nc1CCC(=O)OCc1ccc([N+](=O)[O-])cc1. The van der Waals surface area contributed by atoms with E-state index in [9.17, 15) is 14.9 Å². The van der Waals surface area contributed by atoms with Gasteiger partial charge in [-0.05, 0) is 29.8 Å². The molecule has 0 fully saturated rings. The van der Waals surface area contributed by atoms with E-state index >= 15 is 0 Å². The molecule has 0 aliphatic carbocycles. The number of nitro groups is 1. The minimum atomic E-state index is -0.478. The summed E-state index contributed by atoms with van der Waals surface area (Å²) in [7, 11) is 1.51. The summed E-state index contributed by atoms with van der Waals surface area (Å²) < 4.78 is 10.5. The number of non-ortho nitro benzene ring substituents is 1. The lowest BCUT2D eigenvalue weighted by Crippen LogP contribution is -2.08. The normalized spacial score (nSPS) is 10.6. The smallest absolute Gasteiger partial charge is 0.306 e. The van der Waals surface area contributed by atoms with Gasteiger partial charge >= 0.3 is 5.97 Å². The van der Waals surface area contributed by atoms with E-state index < -0.39 is 10.9 Å². The Morgan fingerprint density at radius 2 is 1.74 bits per heavy atom. The Morgan fingerprint density at radius 1 is 1.07 bits per heavy atom. The van der Waals surface area contributed by atoms with Crippen molar-refractivity contribution in [3.05, 3.63) is 69.9 Å². The van der Waals surface area contributed by atoms with Gasteiger partial charge in [0.25, 0.3) is 5.69 Å². The highest BCUT2D eigenvalue weighted by atomic mass is 16.6. The van der Waals surface area contributed by atoms with Crippen molar-refractivity contribution in [1.29, 1.82) is 0 Å². The van der Waals surface area contributed by atoms with Gasteiger partial charge in [0.15, 0.2) is 0 Å². The predicted octanol–water partition coefficient (Wildman–Crippen LogP) is 3.22. The number of aryl methyl sites for hydroxylation is 1. The maximum absolute atomic E-state index is 12.0. The summed E-state index contributed by atoms with van der Waals surface area (Å²) in [5, 5.41) is 10.6. The fourth-order valence-corrected chi connectivity index (χ4v) is 2.52. The average Bonchev–Trinajstić information content (AvgIpc) is 2.70. The molecular formula is C19H17N3O5. The fraction of sp³-hybridized carbons (Fsp3) is 0.211.